The third-order valence-electron chi connectivity index (χ3n) is 4.78. The fraction of sp³-hybridized carbons (Fsp3) is 0.238. The van der Waals surface area contributed by atoms with Gasteiger partial charge >= 0.3 is 0 Å². The molecule has 0 bridgehead atoms. The Morgan fingerprint density at radius 1 is 1.14 bits per heavy atom. The predicted octanol–water partition coefficient (Wildman–Crippen LogP) is 6.03. The molecule has 1 aliphatic heterocycles. The zero-order chi connectivity index (χ0) is 19.7. The minimum absolute atomic E-state index is 0.0705. The average molecular weight is 432 g/mol. The molecule has 0 amide bonds. The van der Waals surface area contributed by atoms with Gasteiger partial charge in [0.15, 0.2) is 5.11 Å². The molecule has 1 aromatic carbocycles. The van der Waals surface area contributed by atoms with Gasteiger partial charge in [0.05, 0.1) is 21.8 Å². The van der Waals surface area contributed by atoms with E-state index in [4.69, 9.17) is 39.8 Å². The Hall–Kier alpha value is -2.08. The summed E-state index contributed by atoms with van der Waals surface area (Å²) in [6.07, 6.45) is 2.77. The van der Waals surface area contributed by atoms with Crippen molar-refractivity contribution in [3.05, 3.63) is 76.2 Å². The highest BCUT2D eigenvalue weighted by atomic mass is 35.5. The summed E-state index contributed by atoms with van der Waals surface area (Å²) in [6.45, 7) is 2.97. The van der Waals surface area contributed by atoms with Crippen LogP contribution in [0.3, 0.4) is 0 Å². The summed E-state index contributed by atoms with van der Waals surface area (Å²) in [6, 6.07) is 15.2. The number of hydrogen-bond acceptors (Lipinski definition) is 3. The summed E-state index contributed by atoms with van der Waals surface area (Å²) < 4.78 is 6.25. The van der Waals surface area contributed by atoms with Gasteiger partial charge in [-0.05, 0) is 61.1 Å². The van der Waals surface area contributed by atoms with Gasteiger partial charge in [0.1, 0.15) is 17.6 Å². The van der Waals surface area contributed by atoms with Crippen LogP contribution >= 0.6 is 35.4 Å². The van der Waals surface area contributed by atoms with Gasteiger partial charge in [-0.15, -0.1) is 0 Å². The van der Waals surface area contributed by atoms with Gasteiger partial charge in [-0.2, -0.15) is 0 Å². The molecular formula is C21H19Cl2N3OS. The summed E-state index contributed by atoms with van der Waals surface area (Å²) in [5, 5.41) is 5.15. The van der Waals surface area contributed by atoms with E-state index in [0.29, 0.717) is 10.0 Å². The van der Waals surface area contributed by atoms with E-state index in [0.717, 1.165) is 40.9 Å². The average Bonchev–Trinajstić information content (AvgIpc) is 3.30. The van der Waals surface area contributed by atoms with Crippen molar-refractivity contribution in [3.8, 4) is 11.3 Å². The number of rotatable bonds is 5. The maximum absolute atomic E-state index is 6.25. The molecule has 2 aromatic heterocycles. The summed E-state index contributed by atoms with van der Waals surface area (Å²) in [4.78, 5) is 6.70. The molecule has 0 radical (unpaired) electrons. The van der Waals surface area contributed by atoms with Crippen LogP contribution in [-0.2, 0) is 0 Å². The van der Waals surface area contributed by atoms with Crippen LogP contribution in [0.15, 0.2) is 59.1 Å². The van der Waals surface area contributed by atoms with Crippen molar-refractivity contribution < 1.29 is 4.42 Å². The van der Waals surface area contributed by atoms with E-state index >= 15 is 0 Å². The van der Waals surface area contributed by atoms with Crippen molar-refractivity contribution in [2.75, 3.05) is 6.54 Å². The van der Waals surface area contributed by atoms with Crippen LogP contribution in [-0.4, -0.2) is 21.5 Å². The number of furan rings is 1. The molecule has 1 N–H and O–H groups in total. The Morgan fingerprint density at radius 2 is 2.00 bits per heavy atom. The molecule has 7 heteroatoms. The monoisotopic (exact) mass is 431 g/mol. The lowest BCUT2D eigenvalue weighted by Gasteiger charge is -2.25. The van der Waals surface area contributed by atoms with Crippen LogP contribution in [0, 0.1) is 0 Å². The molecule has 144 valence electrons. The summed E-state index contributed by atoms with van der Waals surface area (Å²) in [5.74, 6) is 1.57. The molecule has 4 rings (SSSR count). The number of nitrogens with one attached hydrogen (secondary N) is 1. The van der Waals surface area contributed by atoms with Crippen molar-refractivity contribution >= 4 is 40.5 Å². The van der Waals surface area contributed by atoms with Gasteiger partial charge in [0.2, 0.25) is 0 Å². The number of pyridine rings is 1. The van der Waals surface area contributed by atoms with E-state index in [1.54, 1.807) is 12.3 Å². The van der Waals surface area contributed by atoms with E-state index < -0.39 is 0 Å². The number of aromatic nitrogens is 1. The second-order valence-corrected chi connectivity index (χ2v) is 7.85. The Morgan fingerprint density at radius 3 is 2.71 bits per heavy atom. The molecule has 2 atom stereocenters. The Bertz CT molecular complexity index is 992. The number of benzene rings is 1. The lowest BCUT2D eigenvalue weighted by atomic mass is 10.0. The third-order valence-corrected chi connectivity index (χ3v) is 5.88. The SMILES string of the molecule is CCCN1C(=S)N[C@H](c2ccccn2)[C@H]1c1ccc(-c2ccc(Cl)c(Cl)c2)o1. The molecule has 3 heterocycles. The zero-order valence-corrected chi connectivity index (χ0v) is 17.6. The van der Waals surface area contributed by atoms with Crippen LogP contribution in [0.25, 0.3) is 11.3 Å². The van der Waals surface area contributed by atoms with Crippen LogP contribution in [0.4, 0.5) is 0 Å². The van der Waals surface area contributed by atoms with E-state index in [9.17, 15) is 0 Å². The highest BCUT2D eigenvalue weighted by Gasteiger charge is 2.41. The molecule has 1 aliphatic rings. The Kier molecular flexibility index (Phi) is 5.58. The smallest absolute Gasteiger partial charge is 0.170 e. The highest BCUT2D eigenvalue weighted by Crippen LogP contribution is 2.40. The van der Waals surface area contributed by atoms with Crippen LogP contribution in [0.5, 0.6) is 0 Å². The Labute approximate surface area is 179 Å². The number of halogens is 2. The van der Waals surface area contributed by atoms with E-state index in [-0.39, 0.29) is 12.1 Å². The second-order valence-electron chi connectivity index (χ2n) is 6.65. The lowest BCUT2D eigenvalue weighted by Crippen LogP contribution is -2.30. The number of nitrogens with zero attached hydrogens (tertiary/aromatic N) is 2. The molecule has 0 saturated carbocycles. The molecule has 0 unspecified atom stereocenters. The first kappa shape index (κ1) is 19.2. The standard InChI is InChI=1S/C21H19Cl2N3OS/c1-2-11-26-20(19(25-21(26)28)16-5-3-4-10-24-16)18-9-8-17(27-18)13-6-7-14(22)15(23)12-13/h3-10,12,19-20H,2,11H2,1H3,(H,25,28)/t19-,20-/m1/s1. The fourth-order valence-electron chi connectivity index (χ4n) is 3.51. The van der Waals surface area contributed by atoms with Crippen LogP contribution < -0.4 is 5.32 Å². The van der Waals surface area contributed by atoms with Crippen molar-refractivity contribution in [3.63, 3.8) is 0 Å². The van der Waals surface area contributed by atoms with Gasteiger partial charge in [-0.25, -0.2) is 0 Å². The highest BCUT2D eigenvalue weighted by molar-refractivity contribution is 7.80. The van der Waals surface area contributed by atoms with Crippen LogP contribution in [0.2, 0.25) is 10.0 Å². The summed E-state index contributed by atoms with van der Waals surface area (Å²) in [7, 11) is 0. The maximum Gasteiger partial charge on any atom is 0.170 e. The topological polar surface area (TPSA) is 41.3 Å². The van der Waals surface area contributed by atoms with Crippen molar-refractivity contribution in [2.45, 2.75) is 25.4 Å². The van der Waals surface area contributed by atoms with E-state index in [1.807, 2.05) is 42.5 Å². The van der Waals surface area contributed by atoms with Crippen LogP contribution in [0.1, 0.15) is 36.9 Å². The first-order valence-electron chi connectivity index (χ1n) is 9.11. The molecule has 4 nitrogen and oxygen atoms in total. The summed E-state index contributed by atoms with van der Waals surface area (Å²) >= 11 is 17.8. The maximum atomic E-state index is 6.25. The molecule has 1 fully saturated rings. The minimum Gasteiger partial charge on any atom is -0.459 e. The minimum atomic E-state index is -0.0759. The quantitative estimate of drug-likeness (QED) is 0.499. The molecule has 3 aromatic rings. The van der Waals surface area contributed by atoms with Crippen molar-refractivity contribution in [2.24, 2.45) is 0 Å². The largest absolute Gasteiger partial charge is 0.459 e. The van der Waals surface area contributed by atoms with Gasteiger partial charge in [0, 0.05) is 18.3 Å². The molecular weight excluding hydrogens is 413 g/mol. The molecule has 28 heavy (non-hydrogen) atoms. The van der Waals surface area contributed by atoms with E-state index in [1.165, 1.54) is 0 Å². The van der Waals surface area contributed by atoms with Gasteiger partial charge < -0.3 is 14.6 Å². The molecule has 0 spiro atoms. The lowest BCUT2D eigenvalue weighted by molar-refractivity contribution is 0.275. The second kappa shape index (κ2) is 8.11. The van der Waals surface area contributed by atoms with E-state index in [2.05, 4.69) is 22.1 Å². The zero-order valence-electron chi connectivity index (χ0n) is 15.2. The van der Waals surface area contributed by atoms with Gasteiger partial charge in [-0.3, -0.25) is 4.98 Å². The van der Waals surface area contributed by atoms with Crippen molar-refractivity contribution in [1.82, 2.24) is 15.2 Å². The molecule has 1 saturated heterocycles. The fourth-order valence-corrected chi connectivity index (χ4v) is 4.14. The van der Waals surface area contributed by atoms with Gasteiger partial charge in [0.25, 0.3) is 0 Å². The predicted molar refractivity (Wildman–Crippen MR) is 117 cm³/mol. The molecule has 0 aliphatic carbocycles. The number of thiocarbonyl (C=S) groups is 1. The Balaban J connectivity index is 1.72. The summed E-state index contributed by atoms with van der Waals surface area (Å²) in [5.41, 5.74) is 1.81. The first-order chi connectivity index (χ1) is 13.6. The van der Waals surface area contributed by atoms with Gasteiger partial charge in [-0.1, -0.05) is 36.2 Å². The van der Waals surface area contributed by atoms with Crippen molar-refractivity contribution in [1.29, 1.82) is 0 Å². The third kappa shape index (κ3) is 3.62. The first-order valence-corrected chi connectivity index (χ1v) is 10.3. The number of hydrogen-bond donors (Lipinski definition) is 1. The normalized spacial score (nSPS) is 19.1.